The van der Waals surface area contributed by atoms with Gasteiger partial charge in [0.15, 0.2) is 0 Å². The molecule has 2 atom stereocenters. The fourth-order valence-corrected chi connectivity index (χ4v) is 2.65. The molecule has 1 fully saturated rings. The zero-order valence-corrected chi connectivity index (χ0v) is 13.1. The van der Waals surface area contributed by atoms with Crippen molar-refractivity contribution in [2.45, 2.75) is 24.7 Å². The van der Waals surface area contributed by atoms with Crippen molar-refractivity contribution in [2.75, 3.05) is 20.3 Å². The lowest BCUT2D eigenvalue weighted by Gasteiger charge is -2.13. The third kappa shape index (κ3) is 3.82. The molecule has 2 rings (SSSR count). The minimum absolute atomic E-state index is 0.00613. The molecule has 0 aliphatic carbocycles. The Morgan fingerprint density at radius 3 is 2.65 bits per heavy atom. The second kappa shape index (κ2) is 6.72. The predicted octanol–water partition coefficient (Wildman–Crippen LogP) is 2.64. The standard InChI is InChI=1S/C15H19BrO4/c1-11(16)7-15(14(8-17)20-15)10-19-9-12-3-5-13(18-2)6-4-12/h3-6,14,17H,1,7-10H2,2H3/t14-,15+/m1/s1. The molecule has 0 aromatic heterocycles. The van der Waals surface area contributed by atoms with Gasteiger partial charge in [-0.3, -0.25) is 0 Å². The number of ether oxygens (including phenoxy) is 3. The van der Waals surface area contributed by atoms with Gasteiger partial charge in [0.25, 0.3) is 0 Å². The van der Waals surface area contributed by atoms with Gasteiger partial charge in [0.1, 0.15) is 17.5 Å². The van der Waals surface area contributed by atoms with Crippen LogP contribution >= 0.6 is 15.9 Å². The summed E-state index contributed by atoms with van der Waals surface area (Å²) in [6.45, 7) is 4.77. The molecule has 0 spiro atoms. The van der Waals surface area contributed by atoms with Gasteiger partial charge in [-0.2, -0.15) is 0 Å². The first kappa shape index (κ1) is 15.5. The lowest BCUT2D eigenvalue weighted by Crippen LogP contribution is -2.24. The van der Waals surface area contributed by atoms with Gasteiger partial charge in [-0.15, -0.1) is 0 Å². The molecular formula is C15H19BrO4. The lowest BCUT2D eigenvalue weighted by molar-refractivity contribution is 0.0684. The van der Waals surface area contributed by atoms with Crippen LogP contribution in [0.5, 0.6) is 5.75 Å². The Bertz CT molecular complexity index is 459. The average Bonchev–Trinajstić information content (AvgIpc) is 3.12. The zero-order valence-electron chi connectivity index (χ0n) is 11.5. The van der Waals surface area contributed by atoms with E-state index in [1.165, 1.54) is 0 Å². The van der Waals surface area contributed by atoms with Crippen LogP contribution in [0.4, 0.5) is 0 Å². The summed E-state index contributed by atoms with van der Waals surface area (Å²) in [5, 5.41) is 9.19. The molecule has 0 radical (unpaired) electrons. The van der Waals surface area contributed by atoms with Gasteiger partial charge in [-0.25, -0.2) is 0 Å². The van der Waals surface area contributed by atoms with Crippen LogP contribution in [0.1, 0.15) is 12.0 Å². The predicted molar refractivity (Wildman–Crippen MR) is 80.0 cm³/mol. The Kier molecular flexibility index (Phi) is 5.21. The minimum atomic E-state index is -0.429. The highest BCUT2D eigenvalue weighted by molar-refractivity contribution is 9.11. The zero-order chi connectivity index (χ0) is 14.6. The molecule has 5 heteroatoms. The fourth-order valence-electron chi connectivity index (χ4n) is 2.17. The van der Waals surface area contributed by atoms with E-state index in [-0.39, 0.29) is 12.7 Å². The maximum Gasteiger partial charge on any atom is 0.125 e. The van der Waals surface area contributed by atoms with Crippen molar-refractivity contribution in [3.8, 4) is 5.75 Å². The number of aliphatic hydroxyl groups excluding tert-OH is 1. The van der Waals surface area contributed by atoms with Crippen LogP contribution < -0.4 is 4.74 Å². The number of rotatable bonds is 8. The normalized spacial score (nSPS) is 24.4. The van der Waals surface area contributed by atoms with Crippen LogP contribution in [0.25, 0.3) is 0 Å². The highest BCUT2D eigenvalue weighted by Gasteiger charge is 2.56. The summed E-state index contributed by atoms with van der Waals surface area (Å²) in [6, 6.07) is 7.73. The van der Waals surface area contributed by atoms with Gasteiger partial charge < -0.3 is 19.3 Å². The van der Waals surface area contributed by atoms with Crippen molar-refractivity contribution in [3.05, 3.63) is 40.9 Å². The first-order valence-electron chi connectivity index (χ1n) is 6.42. The number of methoxy groups -OCH3 is 1. The van der Waals surface area contributed by atoms with Crippen molar-refractivity contribution in [2.24, 2.45) is 0 Å². The van der Waals surface area contributed by atoms with Gasteiger partial charge in [-0.1, -0.05) is 34.6 Å². The fraction of sp³-hybridized carbons (Fsp3) is 0.467. The summed E-state index contributed by atoms with van der Waals surface area (Å²) in [6.07, 6.45) is 0.480. The molecule has 0 amide bonds. The average molecular weight is 343 g/mol. The quantitative estimate of drug-likeness (QED) is 0.738. The van der Waals surface area contributed by atoms with Crippen LogP contribution in [0.2, 0.25) is 0 Å². The summed E-state index contributed by atoms with van der Waals surface area (Å²) in [5.74, 6) is 0.826. The van der Waals surface area contributed by atoms with Crippen molar-refractivity contribution < 1.29 is 19.3 Å². The van der Waals surface area contributed by atoms with Gasteiger partial charge in [0.2, 0.25) is 0 Å². The van der Waals surface area contributed by atoms with E-state index in [1.807, 2.05) is 24.3 Å². The molecule has 0 unspecified atom stereocenters. The van der Waals surface area contributed by atoms with Crippen molar-refractivity contribution in [1.29, 1.82) is 0 Å². The van der Waals surface area contributed by atoms with E-state index in [9.17, 15) is 5.11 Å². The summed E-state index contributed by atoms with van der Waals surface area (Å²) < 4.78 is 17.2. The molecule has 1 aliphatic heterocycles. The van der Waals surface area contributed by atoms with Crippen LogP contribution in [0.15, 0.2) is 35.3 Å². The molecule has 20 heavy (non-hydrogen) atoms. The van der Waals surface area contributed by atoms with E-state index in [0.29, 0.717) is 19.6 Å². The van der Waals surface area contributed by atoms with E-state index < -0.39 is 5.60 Å². The van der Waals surface area contributed by atoms with Crippen LogP contribution in [-0.4, -0.2) is 37.1 Å². The van der Waals surface area contributed by atoms with Gasteiger partial charge in [0.05, 0.1) is 26.9 Å². The van der Waals surface area contributed by atoms with E-state index in [2.05, 4.69) is 22.5 Å². The van der Waals surface area contributed by atoms with E-state index in [0.717, 1.165) is 15.8 Å². The lowest BCUT2D eigenvalue weighted by atomic mass is 10.0. The van der Waals surface area contributed by atoms with Crippen molar-refractivity contribution in [3.63, 3.8) is 0 Å². The summed E-state index contributed by atoms with van der Waals surface area (Å²) in [4.78, 5) is 0. The number of benzene rings is 1. The molecular weight excluding hydrogens is 324 g/mol. The molecule has 110 valence electrons. The summed E-state index contributed by atoms with van der Waals surface area (Å²) in [5.41, 5.74) is 0.641. The summed E-state index contributed by atoms with van der Waals surface area (Å²) >= 11 is 3.33. The number of halogens is 1. The third-order valence-electron chi connectivity index (χ3n) is 3.34. The number of epoxide rings is 1. The van der Waals surface area contributed by atoms with Gasteiger partial charge in [-0.05, 0) is 22.2 Å². The van der Waals surface area contributed by atoms with E-state index in [1.54, 1.807) is 7.11 Å². The van der Waals surface area contributed by atoms with Crippen LogP contribution in [0, 0.1) is 0 Å². The first-order chi connectivity index (χ1) is 9.59. The molecule has 1 N–H and O–H groups in total. The number of hydrogen-bond acceptors (Lipinski definition) is 4. The Labute approximate surface area is 127 Å². The van der Waals surface area contributed by atoms with Crippen molar-refractivity contribution in [1.82, 2.24) is 0 Å². The summed E-state index contributed by atoms with van der Waals surface area (Å²) in [7, 11) is 1.64. The number of aliphatic hydroxyl groups is 1. The molecule has 4 nitrogen and oxygen atoms in total. The smallest absolute Gasteiger partial charge is 0.125 e. The third-order valence-corrected chi connectivity index (χ3v) is 3.62. The Hall–Kier alpha value is -0.880. The Morgan fingerprint density at radius 2 is 2.15 bits per heavy atom. The number of hydrogen-bond donors (Lipinski definition) is 1. The topological polar surface area (TPSA) is 51.2 Å². The van der Waals surface area contributed by atoms with E-state index >= 15 is 0 Å². The van der Waals surface area contributed by atoms with Gasteiger partial charge >= 0.3 is 0 Å². The highest BCUT2D eigenvalue weighted by atomic mass is 79.9. The highest BCUT2D eigenvalue weighted by Crippen LogP contribution is 2.42. The molecule has 1 aliphatic rings. The monoisotopic (exact) mass is 342 g/mol. The molecule has 0 saturated carbocycles. The second-order valence-electron chi connectivity index (χ2n) is 4.89. The minimum Gasteiger partial charge on any atom is -0.497 e. The SMILES string of the molecule is C=C(Br)C[C@@]1(COCc2ccc(OC)cc2)O[C@@H]1CO. The van der Waals surface area contributed by atoms with Gasteiger partial charge in [0, 0.05) is 6.42 Å². The molecule has 1 aromatic rings. The molecule has 1 saturated heterocycles. The Balaban J connectivity index is 1.83. The largest absolute Gasteiger partial charge is 0.497 e. The Morgan fingerprint density at radius 1 is 1.45 bits per heavy atom. The molecule has 1 heterocycles. The second-order valence-corrected chi connectivity index (χ2v) is 6.01. The molecule has 1 aromatic carbocycles. The first-order valence-corrected chi connectivity index (χ1v) is 7.21. The molecule has 0 bridgehead atoms. The van der Waals surface area contributed by atoms with E-state index in [4.69, 9.17) is 14.2 Å². The van der Waals surface area contributed by atoms with Crippen LogP contribution in [0.3, 0.4) is 0 Å². The van der Waals surface area contributed by atoms with Crippen LogP contribution in [-0.2, 0) is 16.1 Å². The maximum absolute atomic E-state index is 9.19. The van der Waals surface area contributed by atoms with Crippen molar-refractivity contribution >= 4 is 15.9 Å². The maximum atomic E-state index is 9.19.